The van der Waals surface area contributed by atoms with Gasteiger partial charge in [0.15, 0.2) is 5.69 Å². The van der Waals surface area contributed by atoms with Crippen molar-refractivity contribution >= 4 is 5.91 Å². The van der Waals surface area contributed by atoms with Crippen LogP contribution in [-0.2, 0) is 16.1 Å². The van der Waals surface area contributed by atoms with Gasteiger partial charge in [0, 0.05) is 45.3 Å². The number of methoxy groups -OCH3 is 1. The number of rotatable bonds is 7. The fourth-order valence-corrected chi connectivity index (χ4v) is 3.61. The number of aromatic nitrogens is 1. The molecule has 1 amide bonds. The first-order valence-corrected chi connectivity index (χ1v) is 8.81. The van der Waals surface area contributed by atoms with Crippen LogP contribution in [0.3, 0.4) is 0 Å². The molecule has 7 nitrogen and oxygen atoms in total. The van der Waals surface area contributed by atoms with E-state index in [-0.39, 0.29) is 49.9 Å². The lowest BCUT2D eigenvalue weighted by molar-refractivity contribution is -0.0151. The summed E-state index contributed by atoms with van der Waals surface area (Å²) in [6.45, 7) is 5.11. The second-order valence-corrected chi connectivity index (χ2v) is 6.91. The molecule has 1 aromatic rings. The van der Waals surface area contributed by atoms with E-state index in [1.165, 1.54) is 7.11 Å². The van der Waals surface area contributed by atoms with Gasteiger partial charge in [0.1, 0.15) is 5.76 Å². The zero-order chi connectivity index (χ0) is 18.9. The highest BCUT2D eigenvalue weighted by Gasteiger charge is 2.50. The largest absolute Gasteiger partial charge is 0.380 e. The standard InChI is InChI=1S/C17H25F2N3O4/c1-4-25-8-12-5-17(18,19)10-22(12)13-6-21(7-13)16(23)15-14(9-24-3)11(2)26-20-15/h12-13H,4-10H2,1-3H3/t12-/m0/s1. The molecular weight excluding hydrogens is 348 g/mol. The van der Waals surface area contributed by atoms with Gasteiger partial charge in [-0.15, -0.1) is 0 Å². The van der Waals surface area contributed by atoms with Crippen molar-refractivity contribution in [2.75, 3.05) is 40.0 Å². The van der Waals surface area contributed by atoms with Gasteiger partial charge in [0.25, 0.3) is 11.8 Å². The average Bonchev–Trinajstić information content (AvgIpc) is 3.04. The Balaban J connectivity index is 1.62. The van der Waals surface area contributed by atoms with E-state index in [0.717, 1.165) is 0 Å². The first kappa shape index (κ1) is 19.2. The van der Waals surface area contributed by atoms with Gasteiger partial charge in [-0.2, -0.15) is 0 Å². The molecule has 2 aliphatic rings. The molecule has 0 N–H and O–H groups in total. The number of amides is 1. The molecule has 2 saturated heterocycles. The van der Waals surface area contributed by atoms with E-state index in [4.69, 9.17) is 14.0 Å². The molecule has 0 aliphatic carbocycles. The van der Waals surface area contributed by atoms with Crippen LogP contribution in [0.1, 0.15) is 35.2 Å². The Hall–Kier alpha value is -1.58. The highest BCUT2D eigenvalue weighted by Crippen LogP contribution is 2.36. The summed E-state index contributed by atoms with van der Waals surface area (Å²) in [5.41, 5.74) is 0.864. The van der Waals surface area contributed by atoms with E-state index in [9.17, 15) is 13.6 Å². The summed E-state index contributed by atoms with van der Waals surface area (Å²) in [7, 11) is 1.53. The maximum absolute atomic E-state index is 13.8. The topological polar surface area (TPSA) is 68.0 Å². The lowest BCUT2D eigenvalue weighted by atomic mass is 10.0. The van der Waals surface area contributed by atoms with E-state index < -0.39 is 5.92 Å². The Bertz CT molecular complexity index is 646. The van der Waals surface area contributed by atoms with Crippen LogP contribution < -0.4 is 0 Å². The van der Waals surface area contributed by atoms with Crippen molar-refractivity contribution in [3.63, 3.8) is 0 Å². The minimum absolute atomic E-state index is 0.0864. The van der Waals surface area contributed by atoms with Gasteiger partial charge in [0.05, 0.1) is 25.3 Å². The van der Waals surface area contributed by atoms with Crippen molar-refractivity contribution in [1.29, 1.82) is 0 Å². The molecule has 0 radical (unpaired) electrons. The normalized spacial score (nSPS) is 23.4. The number of hydrogen-bond acceptors (Lipinski definition) is 6. The number of likely N-dealkylation sites (tertiary alicyclic amines) is 2. The molecule has 146 valence electrons. The van der Waals surface area contributed by atoms with Gasteiger partial charge in [0.2, 0.25) is 0 Å². The van der Waals surface area contributed by atoms with Crippen LogP contribution in [0.15, 0.2) is 4.52 Å². The van der Waals surface area contributed by atoms with Crippen molar-refractivity contribution in [2.24, 2.45) is 0 Å². The number of aryl methyl sites for hydroxylation is 1. The Morgan fingerprint density at radius 1 is 1.42 bits per heavy atom. The summed E-state index contributed by atoms with van der Waals surface area (Å²) in [6, 6.07) is -0.401. The molecule has 3 rings (SSSR count). The molecule has 9 heteroatoms. The third kappa shape index (κ3) is 3.74. The number of ether oxygens (including phenoxy) is 2. The molecule has 1 atom stereocenters. The minimum Gasteiger partial charge on any atom is -0.380 e. The number of carbonyl (C=O) groups is 1. The van der Waals surface area contributed by atoms with E-state index in [1.807, 2.05) is 6.92 Å². The molecule has 2 fully saturated rings. The molecule has 0 unspecified atom stereocenters. The van der Waals surface area contributed by atoms with Gasteiger partial charge in [-0.3, -0.25) is 9.69 Å². The van der Waals surface area contributed by atoms with Crippen molar-refractivity contribution in [1.82, 2.24) is 15.0 Å². The van der Waals surface area contributed by atoms with Gasteiger partial charge in [-0.25, -0.2) is 8.78 Å². The van der Waals surface area contributed by atoms with Crippen molar-refractivity contribution < 1.29 is 27.6 Å². The number of nitrogens with zero attached hydrogens (tertiary/aromatic N) is 3. The third-order valence-corrected chi connectivity index (χ3v) is 5.03. The van der Waals surface area contributed by atoms with Crippen molar-refractivity contribution in [3.05, 3.63) is 17.0 Å². The van der Waals surface area contributed by atoms with Crippen LogP contribution in [0.4, 0.5) is 8.78 Å². The van der Waals surface area contributed by atoms with E-state index >= 15 is 0 Å². The maximum atomic E-state index is 13.8. The molecular formula is C17H25F2N3O4. The van der Waals surface area contributed by atoms with Crippen molar-refractivity contribution in [3.8, 4) is 0 Å². The SMILES string of the molecule is CCOC[C@@H]1CC(F)(F)CN1C1CN(C(=O)c2noc(C)c2COC)C1. The highest BCUT2D eigenvalue weighted by atomic mass is 19.3. The maximum Gasteiger partial charge on any atom is 0.276 e. The Morgan fingerprint density at radius 3 is 2.81 bits per heavy atom. The Labute approximate surface area is 151 Å². The van der Waals surface area contributed by atoms with Gasteiger partial charge in [-0.1, -0.05) is 5.16 Å². The Kier molecular flexibility index (Phi) is 5.59. The predicted octanol–water partition coefficient (Wildman–Crippen LogP) is 1.70. The third-order valence-electron chi connectivity index (χ3n) is 5.03. The second-order valence-electron chi connectivity index (χ2n) is 6.91. The Morgan fingerprint density at radius 2 is 2.15 bits per heavy atom. The second kappa shape index (κ2) is 7.58. The zero-order valence-electron chi connectivity index (χ0n) is 15.3. The minimum atomic E-state index is -2.71. The van der Waals surface area contributed by atoms with Crippen molar-refractivity contribution in [2.45, 2.75) is 44.9 Å². The average molecular weight is 373 g/mol. The number of hydrogen-bond donors (Lipinski definition) is 0. The first-order valence-electron chi connectivity index (χ1n) is 8.81. The van der Waals surface area contributed by atoms with Crippen LogP contribution >= 0.6 is 0 Å². The number of alkyl halides is 2. The summed E-state index contributed by atoms with van der Waals surface area (Å²) in [5.74, 6) is -2.41. The summed E-state index contributed by atoms with van der Waals surface area (Å²) in [5, 5.41) is 3.84. The summed E-state index contributed by atoms with van der Waals surface area (Å²) < 4.78 is 43.2. The lowest BCUT2D eigenvalue weighted by Crippen LogP contribution is -2.62. The smallest absolute Gasteiger partial charge is 0.276 e. The number of carbonyl (C=O) groups excluding carboxylic acids is 1. The molecule has 3 heterocycles. The molecule has 0 aromatic carbocycles. The van der Waals surface area contributed by atoms with Gasteiger partial charge < -0.3 is 18.9 Å². The molecule has 0 spiro atoms. The monoisotopic (exact) mass is 373 g/mol. The summed E-state index contributed by atoms with van der Waals surface area (Å²) in [6.07, 6.45) is -0.197. The van der Waals surface area contributed by atoms with Crippen LogP contribution in [0.5, 0.6) is 0 Å². The lowest BCUT2D eigenvalue weighted by Gasteiger charge is -2.45. The van der Waals surface area contributed by atoms with E-state index in [0.29, 0.717) is 31.0 Å². The number of halogens is 2. The fraction of sp³-hybridized carbons (Fsp3) is 0.765. The zero-order valence-corrected chi connectivity index (χ0v) is 15.3. The summed E-state index contributed by atoms with van der Waals surface area (Å²) in [4.78, 5) is 16.0. The molecule has 2 aliphatic heterocycles. The quantitative estimate of drug-likeness (QED) is 0.725. The van der Waals surface area contributed by atoms with E-state index in [2.05, 4.69) is 5.16 Å². The molecule has 0 saturated carbocycles. The van der Waals surface area contributed by atoms with Crippen LogP contribution in [0, 0.1) is 6.92 Å². The van der Waals surface area contributed by atoms with Crippen LogP contribution in [-0.4, -0.2) is 78.8 Å². The molecule has 0 bridgehead atoms. The van der Waals surface area contributed by atoms with Gasteiger partial charge >= 0.3 is 0 Å². The predicted molar refractivity (Wildman–Crippen MR) is 88.2 cm³/mol. The first-order chi connectivity index (χ1) is 12.4. The highest BCUT2D eigenvalue weighted by molar-refractivity contribution is 5.94. The van der Waals surface area contributed by atoms with E-state index in [1.54, 1.807) is 16.7 Å². The van der Waals surface area contributed by atoms with Crippen LogP contribution in [0.2, 0.25) is 0 Å². The van der Waals surface area contributed by atoms with Crippen LogP contribution in [0.25, 0.3) is 0 Å². The van der Waals surface area contributed by atoms with Gasteiger partial charge in [-0.05, 0) is 13.8 Å². The molecule has 26 heavy (non-hydrogen) atoms. The summed E-state index contributed by atoms with van der Waals surface area (Å²) >= 11 is 0. The molecule has 1 aromatic heterocycles. The fourth-order valence-electron chi connectivity index (χ4n) is 3.61.